The van der Waals surface area contributed by atoms with E-state index in [4.69, 9.17) is 10.6 Å². The summed E-state index contributed by atoms with van der Waals surface area (Å²) in [6.07, 6.45) is 5.66. The molecule has 2 aromatic heterocycles. The van der Waals surface area contributed by atoms with E-state index in [1.807, 2.05) is 0 Å². The molecule has 8 nitrogen and oxygen atoms in total. The molecule has 1 fully saturated rings. The fraction of sp³-hybridized carbons (Fsp3) is 0.438. The number of nitrogen functional groups attached to an aromatic ring is 1. The molecule has 0 bridgehead atoms. The van der Waals surface area contributed by atoms with Crippen LogP contribution < -0.4 is 16.0 Å². The Morgan fingerprint density at radius 3 is 2.75 bits per heavy atom. The number of ketones is 1. The largest absolute Gasteiger partial charge is 0.480 e. The number of anilines is 1. The van der Waals surface area contributed by atoms with Crippen LogP contribution in [0.25, 0.3) is 11.4 Å². The van der Waals surface area contributed by atoms with Crippen molar-refractivity contribution in [1.82, 2.24) is 19.9 Å². The van der Waals surface area contributed by atoms with Crippen LogP contribution in [0.4, 0.5) is 5.82 Å². The van der Waals surface area contributed by atoms with Gasteiger partial charge >= 0.3 is 0 Å². The number of nitrogens with zero attached hydrogens (tertiary/aromatic N) is 4. The van der Waals surface area contributed by atoms with E-state index in [-0.39, 0.29) is 5.78 Å². The predicted octanol–water partition coefficient (Wildman–Crippen LogP) is 1.62. The molecule has 2 aliphatic carbocycles. The summed E-state index contributed by atoms with van der Waals surface area (Å²) in [6.45, 7) is 0. The number of ether oxygens (including phenoxy) is 1. The number of rotatable bonds is 4. The smallest absolute Gasteiger partial charge is 0.227 e. The SMILES string of the molecule is COc1ncnc(C2CC2)c1-c1nc2c(c(NN)n1)C(=O)CCC2. The summed E-state index contributed by atoms with van der Waals surface area (Å²) in [6, 6.07) is 0. The van der Waals surface area contributed by atoms with Crippen LogP contribution in [-0.4, -0.2) is 32.8 Å². The van der Waals surface area contributed by atoms with Crippen molar-refractivity contribution >= 4 is 11.6 Å². The average Bonchev–Trinajstić information content (AvgIpc) is 3.45. The second-order valence-electron chi connectivity index (χ2n) is 6.06. The first-order valence-corrected chi connectivity index (χ1v) is 8.03. The minimum Gasteiger partial charge on any atom is -0.480 e. The second kappa shape index (κ2) is 5.79. The van der Waals surface area contributed by atoms with Crippen LogP contribution >= 0.6 is 0 Å². The van der Waals surface area contributed by atoms with Crippen molar-refractivity contribution in [3.63, 3.8) is 0 Å². The Labute approximate surface area is 138 Å². The Hall–Kier alpha value is -2.61. The zero-order valence-corrected chi connectivity index (χ0v) is 13.4. The summed E-state index contributed by atoms with van der Waals surface area (Å²) >= 11 is 0. The summed E-state index contributed by atoms with van der Waals surface area (Å²) in [7, 11) is 1.56. The zero-order chi connectivity index (χ0) is 16.7. The minimum atomic E-state index is 0.0226. The van der Waals surface area contributed by atoms with E-state index in [1.54, 1.807) is 7.11 Å². The summed E-state index contributed by atoms with van der Waals surface area (Å²) in [5, 5.41) is 0. The Morgan fingerprint density at radius 2 is 2.04 bits per heavy atom. The maximum atomic E-state index is 12.2. The van der Waals surface area contributed by atoms with Crippen LogP contribution in [0.3, 0.4) is 0 Å². The highest BCUT2D eigenvalue weighted by molar-refractivity contribution is 6.02. The molecule has 0 spiro atoms. The van der Waals surface area contributed by atoms with Crippen molar-refractivity contribution in [2.24, 2.45) is 5.84 Å². The number of fused-ring (bicyclic) bond motifs is 1. The van der Waals surface area contributed by atoms with Gasteiger partial charge in [0.2, 0.25) is 5.88 Å². The van der Waals surface area contributed by atoms with Gasteiger partial charge in [0.05, 0.1) is 24.1 Å². The van der Waals surface area contributed by atoms with Gasteiger partial charge in [-0.2, -0.15) is 0 Å². The second-order valence-corrected chi connectivity index (χ2v) is 6.06. The van der Waals surface area contributed by atoms with E-state index in [1.165, 1.54) is 6.33 Å². The third-order valence-electron chi connectivity index (χ3n) is 4.44. The average molecular weight is 326 g/mol. The number of carbonyl (C=O) groups excluding carboxylic acids is 1. The van der Waals surface area contributed by atoms with Crippen molar-refractivity contribution < 1.29 is 9.53 Å². The van der Waals surface area contributed by atoms with Gasteiger partial charge in [-0.15, -0.1) is 0 Å². The first-order chi connectivity index (χ1) is 11.7. The van der Waals surface area contributed by atoms with Gasteiger partial charge in [0.25, 0.3) is 0 Å². The lowest BCUT2D eigenvalue weighted by Gasteiger charge is -2.19. The van der Waals surface area contributed by atoms with Gasteiger partial charge in [0.15, 0.2) is 17.4 Å². The fourth-order valence-corrected chi connectivity index (χ4v) is 3.15. The lowest BCUT2D eigenvalue weighted by Crippen LogP contribution is -2.21. The molecule has 0 aliphatic heterocycles. The molecular formula is C16H18N6O2. The van der Waals surface area contributed by atoms with Gasteiger partial charge in [-0.05, 0) is 25.7 Å². The minimum absolute atomic E-state index is 0.0226. The molecule has 3 N–H and O–H groups in total. The van der Waals surface area contributed by atoms with Gasteiger partial charge in [-0.25, -0.2) is 25.8 Å². The third kappa shape index (κ3) is 2.39. The lowest BCUT2D eigenvalue weighted by atomic mass is 9.95. The zero-order valence-electron chi connectivity index (χ0n) is 13.4. The molecule has 0 amide bonds. The van der Waals surface area contributed by atoms with E-state index in [0.29, 0.717) is 41.0 Å². The standard InChI is InChI=1S/C16H18N6O2/c1-24-16-12(13(8-5-6-8)18-7-19-16)14-20-9-3-2-4-10(23)11(9)15(21-14)22-17/h7-8H,2-6,17H2,1H3,(H,20,21,22). The first kappa shape index (κ1) is 14.9. The Morgan fingerprint density at radius 1 is 1.21 bits per heavy atom. The van der Waals surface area contributed by atoms with Crippen LogP contribution in [0, 0.1) is 0 Å². The van der Waals surface area contributed by atoms with Crippen molar-refractivity contribution in [3.05, 3.63) is 23.3 Å². The van der Waals surface area contributed by atoms with Gasteiger partial charge in [-0.1, -0.05) is 0 Å². The first-order valence-electron chi connectivity index (χ1n) is 8.03. The predicted molar refractivity (Wildman–Crippen MR) is 86.7 cm³/mol. The molecule has 2 aromatic rings. The highest BCUT2D eigenvalue weighted by atomic mass is 16.5. The number of nitrogens with one attached hydrogen (secondary N) is 1. The van der Waals surface area contributed by atoms with Crippen LogP contribution in [0.2, 0.25) is 0 Å². The molecular weight excluding hydrogens is 308 g/mol. The van der Waals surface area contributed by atoms with Crippen molar-refractivity contribution in [3.8, 4) is 17.3 Å². The summed E-state index contributed by atoms with van der Waals surface area (Å²) in [4.78, 5) is 29.9. The number of nitrogens with two attached hydrogens (primary N) is 1. The molecule has 0 atom stereocenters. The fourth-order valence-electron chi connectivity index (χ4n) is 3.15. The molecule has 8 heteroatoms. The maximum Gasteiger partial charge on any atom is 0.227 e. The monoisotopic (exact) mass is 326 g/mol. The van der Waals surface area contributed by atoms with Crippen LogP contribution in [0.15, 0.2) is 6.33 Å². The number of Topliss-reactive ketones (excluding diaryl/α,β-unsaturated/α-hetero) is 1. The van der Waals surface area contributed by atoms with Crippen molar-refractivity contribution in [1.29, 1.82) is 0 Å². The number of hydrogen-bond donors (Lipinski definition) is 2. The normalized spacial score (nSPS) is 16.7. The Balaban J connectivity index is 1.93. The van der Waals surface area contributed by atoms with Crippen molar-refractivity contribution in [2.75, 3.05) is 12.5 Å². The van der Waals surface area contributed by atoms with Gasteiger partial charge in [-0.3, -0.25) is 4.79 Å². The third-order valence-corrected chi connectivity index (χ3v) is 4.44. The van der Waals surface area contributed by atoms with E-state index in [9.17, 15) is 4.79 Å². The molecule has 124 valence electrons. The Bertz CT molecular complexity index is 801. The van der Waals surface area contributed by atoms with Gasteiger partial charge < -0.3 is 10.2 Å². The lowest BCUT2D eigenvalue weighted by molar-refractivity contribution is 0.0972. The number of aryl methyl sites for hydroxylation is 1. The topological polar surface area (TPSA) is 116 Å². The maximum absolute atomic E-state index is 12.2. The molecule has 1 saturated carbocycles. The number of hydrogen-bond acceptors (Lipinski definition) is 8. The van der Waals surface area contributed by atoms with Crippen molar-refractivity contribution in [2.45, 2.75) is 38.0 Å². The van der Waals surface area contributed by atoms with Crippen LogP contribution in [0.1, 0.15) is 53.3 Å². The number of hydrazine groups is 1. The van der Waals surface area contributed by atoms with E-state index < -0.39 is 0 Å². The molecule has 2 heterocycles. The molecule has 0 aromatic carbocycles. The summed E-state index contributed by atoms with van der Waals surface area (Å²) < 4.78 is 5.41. The molecule has 4 rings (SSSR count). The van der Waals surface area contributed by atoms with Gasteiger partial charge in [0.1, 0.15) is 11.9 Å². The van der Waals surface area contributed by atoms with E-state index >= 15 is 0 Å². The summed E-state index contributed by atoms with van der Waals surface area (Å²) in [5.74, 6) is 7.26. The number of carbonyl (C=O) groups is 1. The van der Waals surface area contributed by atoms with Crippen LogP contribution in [0.5, 0.6) is 5.88 Å². The highest BCUT2D eigenvalue weighted by Crippen LogP contribution is 2.45. The molecule has 0 saturated heterocycles. The Kier molecular flexibility index (Phi) is 3.61. The summed E-state index contributed by atoms with van der Waals surface area (Å²) in [5.41, 5.74) is 5.35. The quantitative estimate of drug-likeness (QED) is 0.643. The van der Waals surface area contributed by atoms with Gasteiger partial charge in [0, 0.05) is 12.3 Å². The molecule has 0 unspecified atom stereocenters. The highest BCUT2D eigenvalue weighted by Gasteiger charge is 2.32. The number of aromatic nitrogens is 4. The van der Waals surface area contributed by atoms with Crippen LogP contribution in [-0.2, 0) is 6.42 Å². The number of methoxy groups -OCH3 is 1. The molecule has 24 heavy (non-hydrogen) atoms. The van der Waals surface area contributed by atoms with E-state index in [2.05, 4.69) is 25.4 Å². The molecule has 2 aliphatic rings. The van der Waals surface area contributed by atoms with E-state index in [0.717, 1.165) is 37.1 Å². The molecule has 0 radical (unpaired) electrons.